The molecular formula is C17H18N2O3. The van der Waals surface area contributed by atoms with Crippen LogP contribution in [0.15, 0.2) is 48.5 Å². The maximum absolute atomic E-state index is 11.9. The number of methoxy groups -OCH3 is 1. The van der Waals surface area contributed by atoms with Gasteiger partial charge in [0.15, 0.2) is 0 Å². The van der Waals surface area contributed by atoms with Crippen molar-refractivity contribution in [3.63, 3.8) is 0 Å². The van der Waals surface area contributed by atoms with E-state index in [1.54, 1.807) is 37.4 Å². The third kappa shape index (κ3) is 4.09. The van der Waals surface area contributed by atoms with Crippen LogP contribution in [0.1, 0.15) is 21.5 Å². The van der Waals surface area contributed by atoms with Crippen LogP contribution in [0.25, 0.3) is 0 Å². The van der Waals surface area contributed by atoms with Crippen molar-refractivity contribution in [2.45, 2.75) is 13.3 Å². The molecule has 0 bridgehead atoms. The van der Waals surface area contributed by atoms with Gasteiger partial charge in [0.25, 0.3) is 5.91 Å². The quantitative estimate of drug-likeness (QED) is 0.848. The molecule has 0 saturated heterocycles. The van der Waals surface area contributed by atoms with E-state index in [2.05, 4.69) is 10.9 Å². The molecule has 0 atom stereocenters. The number of para-hydroxylation sites is 1. The maximum Gasteiger partial charge on any atom is 0.269 e. The standard InChI is InChI=1S/C17H18N2O3/c1-12-6-5-8-14(10-12)17(21)19-18-16(20)11-13-7-3-4-9-15(13)22-2/h3-10H,11H2,1-2H3,(H,18,20)(H,19,21). The second kappa shape index (κ2) is 7.26. The predicted octanol–water partition coefficient (Wildman–Crippen LogP) is 2.01. The average Bonchev–Trinajstić information content (AvgIpc) is 2.53. The minimum atomic E-state index is -0.350. The zero-order valence-electron chi connectivity index (χ0n) is 12.6. The molecule has 2 aromatic carbocycles. The molecule has 0 aliphatic carbocycles. The van der Waals surface area contributed by atoms with Crippen LogP contribution in [0.5, 0.6) is 5.75 Å². The minimum absolute atomic E-state index is 0.123. The molecule has 2 rings (SSSR count). The van der Waals surface area contributed by atoms with Gasteiger partial charge in [0.1, 0.15) is 5.75 Å². The van der Waals surface area contributed by atoms with Crippen molar-refractivity contribution < 1.29 is 14.3 Å². The Hall–Kier alpha value is -2.82. The molecule has 0 fully saturated rings. The monoisotopic (exact) mass is 298 g/mol. The molecule has 5 nitrogen and oxygen atoms in total. The summed E-state index contributed by atoms with van der Waals surface area (Å²) in [5.41, 5.74) is 7.04. The van der Waals surface area contributed by atoms with Crippen LogP contribution in [0.2, 0.25) is 0 Å². The Morgan fingerprint density at radius 1 is 1.05 bits per heavy atom. The summed E-state index contributed by atoms with van der Waals surface area (Å²) in [7, 11) is 1.55. The Bertz CT molecular complexity index is 683. The SMILES string of the molecule is COc1ccccc1CC(=O)NNC(=O)c1cccc(C)c1. The van der Waals surface area contributed by atoms with Crippen molar-refractivity contribution in [3.8, 4) is 5.75 Å². The molecule has 0 aliphatic rings. The number of rotatable bonds is 4. The summed E-state index contributed by atoms with van der Waals surface area (Å²) in [5.74, 6) is -0.0229. The highest BCUT2D eigenvalue weighted by molar-refractivity contribution is 5.95. The first-order valence-electron chi connectivity index (χ1n) is 6.88. The number of aryl methyl sites for hydroxylation is 1. The topological polar surface area (TPSA) is 67.4 Å². The molecule has 2 aromatic rings. The van der Waals surface area contributed by atoms with Crippen molar-refractivity contribution in [1.29, 1.82) is 0 Å². The molecular weight excluding hydrogens is 280 g/mol. The van der Waals surface area contributed by atoms with Gasteiger partial charge in [-0.25, -0.2) is 0 Å². The Labute approximate surface area is 129 Å². The molecule has 2 N–H and O–H groups in total. The number of carbonyl (C=O) groups excluding carboxylic acids is 2. The summed E-state index contributed by atoms with van der Waals surface area (Å²) < 4.78 is 5.19. The van der Waals surface area contributed by atoms with E-state index in [-0.39, 0.29) is 18.2 Å². The fraction of sp³-hybridized carbons (Fsp3) is 0.176. The van der Waals surface area contributed by atoms with E-state index < -0.39 is 0 Å². The van der Waals surface area contributed by atoms with Crippen molar-refractivity contribution in [2.24, 2.45) is 0 Å². The summed E-state index contributed by atoms with van der Waals surface area (Å²) in [6.45, 7) is 1.90. The molecule has 22 heavy (non-hydrogen) atoms. The summed E-state index contributed by atoms with van der Waals surface area (Å²) in [4.78, 5) is 23.8. The fourth-order valence-corrected chi connectivity index (χ4v) is 2.05. The van der Waals surface area contributed by atoms with E-state index in [1.165, 1.54) is 0 Å². The first kappa shape index (κ1) is 15.6. The van der Waals surface area contributed by atoms with Gasteiger partial charge in [0.05, 0.1) is 13.5 Å². The van der Waals surface area contributed by atoms with Gasteiger partial charge < -0.3 is 4.74 Å². The first-order valence-corrected chi connectivity index (χ1v) is 6.88. The first-order chi connectivity index (χ1) is 10.6. The molecule has 0 spiro atoms. The highest BCUT2D eigenvalue weighted by Crippen LogP contribution is 2.17. The smallest absolute Gasteiger partial charge is 0.269 e. The Morgan fingerprint density at radius 2 is 1.82 bits per heavy atom. The minimum Gasteiger partial charge on any atom is -0.496 e. The van der Waals surface area contributed by atoms with Crippen LogP contribution < -0.4 is 15.6 Å². The summed E-state index contributed by atoms with van der Waals surface area (Å²) in [6, 6.07) is 14.4. The van der Waals surface area contributed by atoms with Crippen molar-refractivity contribution in [2.75, 3.05) is 7.11 Å². The maximum atomic E-state index is 11.9. The number of nitrogens with one attached hydrogen (secondary N) is 2. The lowest BCUT2D eigenvalue weighted by Gasteiger charge is -2.10. The highest BCUT2D eigenvalue weighted by Gasteiger charge is 2.10. The molecule has 0 unspecified atom stereocenters. The third-order valence-corrected chi connectivity index (χ3v) is 3.14. The molecule has 2 amide bonds. The van der Waals surface area contributed by atoms with Gasteiger partial charge >= 0.3 is 0 Å². The van der Waals surface area contributed by atoms with E-state index in [0.717, 1.165) is 11.1 Å². The molecule has 0 aliphatic heterocycles. The summed E-state index contributed by atoms with van der Waals surface area (Å²) >= 11 is 0. The van der Waals surface area contributed by atoms with Crippen LogP contribution in [-0.2, 0) is 11.2 Å². The normalized spacial score (nSPS) is 9.91. The van der Waals surface area contributed by atoms with Gasteiger partial charge in [-0.3, -0.25) is 20.4 Å². The van der Waals surface area contributed by atoms with Gasteiger partial charge in [0.2, 0.25) is 5.91 Å². The van der Waals surface area contributed by atoms with Crippen LogP contribution in [0, 0.1) is 6.92 Å². The molecule has 0 aromatic heterocycles. The second-order valence-corrected chi connectivity index (χ2v) is 4.86. The van der Waals surface area contributed by atoms with Crippen LogP contribution >= 0.6 is 0 Å². The van der Waals surface area contributed by atoms with Gasteiger partial charge in [-0.05, 0) is 25.1 Å². The number of hydrogen-bond acceptors (Lipinski definition) is 3. The molecule has 0 saturated carbocycles. The van der Waals surface area contributed by atoms with Gasteiger partial charge in [-0.1, -0.05) is 35.9 Å². The molecule has 114 valence electrons. The summed E-state index contributed by atoms with van der Waals surface area (Å²) in [5, 5.41) is 0. The van der Waals surface area contributed by atoms with Crippen LogP contribution in [0.4, 0.5) is 0 Å². The van der Waals surface area contributed by atoms with Gasteiger partial charge in [-0.2, -0.15) is 0 Å². The number of hydrazine groups is 1. The van der Waals surface area contributed by atoms with Gasteiger partial charge in [0, 0.05) is 11.1 Å². The Morgan fingerprint density at radius 3 is 2.55 bits per heavy atom. The van der Waals surface area contributed by atoms with Crippen LogP contribution in [-0.4, -0.2) is 18.9 Å². The fourth-order valence-electron chi connectivity index (χ4n) is 2.05. The highest BCUT2D eigenvalue weighted by atomic mass is 16.5. The lowest BCUT2D eigenvalue weighted by Crippen LogP contribution is -2.42. The number of benzene rings is 2. The second-order valence-electron chi connectivity index (χ2n) is 4.86. The van der Waals surface area contributed by atoms with Gasteiger partial charge in [-0.15, -0.1) is 0 Å². The zero-order valence-corrected chi connectivity index (χ0v) is 12.6. The van der Waals surface area contributed by atoms with Crippen molar-refractivity contribution in [1.82, 2.24) is 10.9 Å². The number of hydrogen-bond donors (Lipinski definition) is 2. The number of amides is 2. The van der Waals surface area contributed by atoms with E-state index in [4.69, 9.17) is 4.74 Å². The Balaban J connectivity index is 1.91. The van der Waals surface area contributed by atoms with Crippen molar-refractivity contribution >= 4 is 11.8 Å². The third-order valence-electron chi connectivity index (χ3n) is 3.14. The molecule has 0 radical (unpaired) electrons. The number of ether oxygens (including phenoxy) is 1. The van der Waals surface area contributed by atoms with E-state index in [1.807, 2.05) is 25.1 Å². The zero-order chi connectivity index (χ0) is 15.9. The summed E-state index contributed by atoms with van der Waals surface area (Å²) in [6.07, 6.45) is 0.123. The number of carbonyl (C=O) groups is 2. The van der Waals surface area contributed by atoms with Crippen LogP contribution in [0.3, 0.4) is 0 Å². The lowest BCUT2D eigenvalue weighted by atomic mass is 10.1. The molecule has 5 heteroatoms. The van der Waals surface area contributed by atoms with E-state index >= 15 is 0 Å². The van der Waals surface area contributed by atoms with E-state index in [9.17, 15) is 9.59 Å². The Kier molecular flexibility index (Phi) is 5.14. The lowest BCUT2D eigenvalue weighted by molar-refractivity contribution is -0.121. The van der Waals surface area contributed by atoms with Crippen molar-refractivity contribution in [3.05, 3.63) is 65.2 Å². The molecule has 0 heterocycles. The van der Waals surface area contributed by atoms with E-state index in [0.29, 0.717) is 11.3 Å². The predicted molar refractivity (Wildman–Crippen MR) is 83.5 cm³/mol. The largest absolute Gasteiger partial charge is 0.496 e. The average molecular weight is 298 g/mol.